The van der Waals surface area contributed by atoms with E-state index in [1.165, 1.54) is 12.1 Å². The lowest BCUT2D eigenvalue weighted by Crippen LogP contribution is -2.32. The summed E-state index contributed by atoms with van der Waals surface area (Å²) < 4.78 is 29.2. The SMILES string of the molecule is CS(=O)(=O)c1ccc(C(=O)N2CCOc3ccc(-c4cnc5nc[nH]c5c4)cc3C2)cc1. The molecule has 9 heteroatoms. The largest absolute Gasteiger partial charge is 0.491 e. The second-order valence-electron chi connectivity index (χ2n) is 7.69. The van der Waals surface area contributed by atoms with Crippen molar-refractivity contribution < 1.29 is 17.9 Å². The number of rotatable bonds is 3. The number of carbonyl (C=O) groups excluding carboxylic acids is 1. The molecule has 4 aromatic rings. The lowest BCUT2D eigenvalue weighted by molar-refractivity contribution is 0.0733. The van der Waals surface area contributed by atoms with Crippen molar-refractivity contribution in [3.05, 3.63) is 72.2 Å². The molecule has 2 aromatic heterocycles. The van der Waals surface area contributed by atoms with Crippen molar-refractivity contribution >= 4 is 26.9 Å². The van der Waals surface area contributed by atoms with E-state index in [0.29, 0.717) is 30.9 Å². The van der Waals surface area contributed by atoms with E-state index in [2.05, 4.69) is 15.0 Å². The Balaban J connectivity index is 1.43. The Morgan fingerprint density at radius 2 is 1.88 bits per heavy atom. The fraction of sp³-hybridized carbons (Fsp3) is 0.174. The van der Waals surface area contributed by atoms with E-state index < -0.39 is 9.84 Å². The Hall–Kier alpha value is -3.72. The van der Waals surface area contributed by atoms with Gasteiger partial charge in [0.05, 0.1) is 23.3 Å². The summed E-state index contributed by atoms with van der Waals surface area (Å²) in [5.74, 6) is 0.569. The highest BCUT2D eigenvalue weighted by Gasteiger charge is 2.22. The lowest BCUT2D eigenvalue weighted by Gasteiger charge is -2.20. The number of imidazole rings is 1. The van der Waals surface area contributed by atoms with Crippen LogP contribution >= 0.6 is 0 Å². The van der Waals surface area contributed by atoms with Crippen LogP contribution in [0.4, 0.5) is 0 Å². The van der Waals surface area contributed by atoms with Crippen molar-refractivity contribution in [3.63, 3.8) is 0 Å². The monoisotopic (exact) mass is 448 g/mol. The maximum atomic E-state index is 13.1. The first kappa shape index (κ1) is 20.2. The van der Waals surface area contributed by atoms with Crippen molar-refractivity contribution in [1.29, 1.82) is 0 Å². The van der Waals surface area contributed by atoms with Gasteiger partial charge in [0.1, 0.15) is 12.4 Å². The van der Waals surface area contributed by atoms with E-state index in [1.807, 2.05) is 24.3 Å². The first-order valence-corrected chi connectivity index (χ1v) is 11.9. The van der Waals surface area contributed by atoms with Crippen LogP contribution in [0.15, 0.2) is 66.0 Å². The molecule has 8 nitrogen and oxygen atoms in total. The highest BCUT2D eigenvalue weighted by Crippen LogP contribution is 2.30. The van der Waals surface area contributed by atoms with Crippen molar-refractivity contribution in [2.75, 3.05) is 19.4 Å². The van der Waals surface area contributed by atoms with Crippen LogP contribution in [-0.4, -0.2) is 53.6 Å². The molecular weight excluding hydrogens is 428 g/mol. The minimum atomic E-state index is -3.31. The quantitative estimate of drug-likeness (QED) is 0.516. The minimum Gasteiger partial charge on any atom is -0.491 e. The molecule has 3 heterocycles. The van der Waals surface area contributed by atoms with E-state index >= 15 is 0 Å². The van der Waals surface area contributed by atoms with Gasteiger partial charge in [0.15, 0.2) is 15.5 Å². The molecule has 0 saturated heterocycles. The summed E-state index contributed by atoms with van der Waals surface area (Å²) >= 11 is 0. The molecule has 5 rings (SSSR count). The maximum Gasteiger partial charge on any atom is 0.254 e. The van der Waals surface area contributed by atoms with Gasteiger partial charge in [-0.1, -0.05) is 6.07 Å². The number of hydrogen-bond acceptors (Lipinski definition) is 6. The number of aromatic nitrogens is 3. The number of hydrogen-bond donors (Lipinski definition) is 1. The van der Waals surface area contributed by atoms with Crippen molar-refractivity contribution in [3.8, 4) is 16.9 Å². The number of nitrogens with zero attached hydrogens (tertiary/aromatic N) is 3. The molecule has 0 fully saturated rings. The van der Waals surface area contributed by atoms with Crippen LogP contribution in [0.25, 0.3) is 22.3 Å². The third-order valence-corrected chi connectivity index (χ3v) is 6.59. The second-order valence-corrected chi connectivity index (χ2v) is 9.71. The van der Waals surface area contributed by atoms with Gasteiger partial charge in [0.25, 0.3) is 5.91 Å². The molecule has 0 radical (unpaired) electrons. The van der Waals surface area contributed by atoms with Gasteiger partial charge in [-0.2, -0.15) is 0 Å². The molecule has 1 N–H and O–H groups in total. The third-order valence-electron chi connectivity index (χ3n) is 5.46. The van der Waals surface area contributed by atoms with Gasteiger partial charge >= 0.3 is 0 Å². The van der Waals surface area contributed by atoms with Gasteiger partial charge in [-0.3, -0.25) is 4.79 Å². The van der Waals surface area contributed by atoms with Crippen LogP contribution in [0.3, 0.4) is 0 Å². The number of nitrogens with one attached hydrogen (secondary N) is 1. The summed E-state index contributed by atoms with van der Waals surface area (Å²) in [5, 5.41) is 0. The number of ether oxygens (including phenoxy) is 1. The molecule has 1 amide bonds. The Morgan fingerprint density at radius 1 is 1.06 bits per heavy atom. The highest BCUT2D eigenvalue weighted by molar-refractivity contribution is 7.90. The molecule has 32 heavy (non-hydrogen) atoms. The standard InChI is InChI=1S/C23H20N4O4S/c1-32(29,30)19-5-2-15(3-6-19)23(28)27-8-9-31-21-7-4-16(10-18(21)13-27)17-11-20-22(24-12-17)26-14-25-20/h2-7,10-12,14H,8-9,13H2,1H3,(H,24,25,26). The summed E-state index contributed by atoms with van der Waals surface area (Å²) in [6.45, 7) is 1.19. The van der Waals surface area contributed by atoms with Gasteiger partial charge in [-0.05, 0) is 48.0 Å². The molecule has 162 valence electrons. The smallest absolute Gasteiger partial charge is 0.254 e. The fourth-order valence-electron chi connectivity index (χ4n) is 3.76. The molecule has 1 aliphatic heterocycles. The lowest BCUT2D eigenvalue weighted by atomic mass is 10.0. The van der Waals surface area contributed by atoms with Gasteiger partial charge in [-0.15, -0.1) is 0 Å². The van der Waals surface area contributed by atoms with Crippen molar-refractivity contribution in [2.45, 2.75) is 11.4 Å². The predicted molar refractivity (Wildman–Crippen MR) is 119 cm³/mol. The van der Waals surface area contributed by atoms with E-state index in [-0.39, 0.29) is 10.8 Å². The van der Waals surface area contributed by atoms with E-state index in [4.69, 9.17) is 4.74 Å². The zero-order chi connectivity index (χ0) is 22.3. The normalized spacial score (nSPS) is 14.0. The number of benzene rings is 2. The number of amides is 1. The van der Waals surface area contributed by atoms with Gasteiger partial charge in [0.2, 0.25) is 0 Å². The van der Waals surface area contributed by atoms with Crippen LogP contribution in [-0.2, 0) is 16.4 Å². The topological polar surface area (TPSA) is 105 Å². The number of sulfone groups is 1. The number of fused-ring (bicyclic) bond motifs is 2. The van der Waals surface area contributed by atoms with Crippen molar-refractivity contribution in [1.82, 2.24) is 19.9 Å². The summed E-state index contributed by atoms with van der Waals surface area (Å²) in [5.41, 5.74) is 4.73. The van der Waals surface area contributed by atoms with Crippen LogP contribution in [0.2, 0.25) is 0 Å². The summed E-state index contributed by atoms with van der Waals surface area (Å²) in [6.07, 6.45) is 4.52. The minimum absolute atomic E-state index is 0.174. The zero-order valence-corrected chi connectivity index (χ0v) is 18.1. The maximum absolute atomic E-state index is 13.1. The van der Waals surface area contributed by atoms with Gasteiger partial charge in [0, 0.05) is 35.7 Å². The van der Waals surface area contributed by atoms with Crippen LogP contribution in [0.5, 0.6) is 5.75 Å². The molecule has 0 atom stereocenters. The summed E-state index contributed by atoms with van der Waals surface area (Å²) in [4.78, 5) is 26.6. The molecule has 0 unspecified atom stereocenters. The molecule has 0 aliphatic carbocycles. The molecular formula is C23H20N4O4S. The molecule has 0 saturated carbocycles. The fourth-order valence-corrected chi connectivity index (χ4v) is 4.39. The third kappa shape index (κ3) is 3.82. The summed E-state index contributed by atoms with van der Waals surface area (Å²) in [6, 6.07) is 13.9. The molecule has 0 spiro atoms. The first-order valence-electron chi connectivity index (χ1n) is 10.0. The van der Waals surface area contributed by atoms with Gasteiger partial charge in [-0.25, -0.2) is 18.4 Å². The Morgan fingerprint density at radius 3 is 2.66 bits per heavy atom. The number of H-pyrrole nitrogens is 1. The Labute approximate surface area is 184 Å². The highest BCUT2D eigenvalue weighted by atomic mass is 32.2. The zero-order valence-electron chi connectivity index (χ0n) is 17.3. The number of carbonyl (C=O) groups is 1. The average molecular weight is 449 g/mol. The number of pyridine rings is 1. The van der Waals surface area contributed by atoms with Crippen LogP contribution in [0.1, 0.15) is 15.9 Å². The van der Waals surface area contributed by atoms with Crippen molar-refractivity contribution in [2.24, 2.45) is 0 Å². The second kappa shape index (κ2) is 7.76. The molecule has 0 bridgehead atoms. The molecule has 2 aromatic carbocycles. The van der Waals surface area contributed by atoms with E-state index in [1.54, 1.807) is 29.6 Å². The van der Waals surface area contributed by atoms with Crippen LogP contribution < -0.4 is 4.74 Å². The van der Waals surface area contributed by atoms with Gasteiger partial charge < -0.3 is 14.6 Å². The van der Waals surface area contributed by atoms with E-state index in [0.717, 1.165) is 34.2 Å². The summed E-state index contributed by atoms with van der Waals surface area (Å²) in [7, 11) is -3.31. The Bertz CT molecular complexity index is 1430. The average Bonchev–Trinajstić information content (AvgIpc) is 3.15. The number of aromatic amines is 1. The van der Waals surface area contributed by atoms with Crippen LogP contribution in [0, 0.1) is 0 Å². The Kier molecular flexibility index (Phi) is 4.90. The predicted octanol–water partition coefficient (Wildman–Crippen LogP) is 3.06. The first-order chi connectivity index (χ1) is 15.4. The molecule has 1 aliphatic rings. The van der Waals surface area contributed by atoms with E-state index in [9.17, 15) is 13.2 Å².